The Bertz CT molecular complexity index is 1830. The molecule has 1 aliphatic rings. The minimum Gasteiger partial charge on any atom is -0.323 e. The van der Waals surface area contributed by atoms with Gasteiger partial charge in [0.1, 0.15) is 0 Å². The molecular formula is C31H29ClN8O2. The van der Waals surface area contributed by atoms with Gasteiger partial charge in [0.25, 0.3) is 5.56 Å². The number of benzene rings is 1. The summed E-state index contributed by atoms with van der Waals surface area (Å²) in [6.07, 6.45) is 9.59. The van der Waals surface area contributed by atoms with Gasteiger partial charge >= 0.3 is 0 Å². The molecule has 3 unspecified atom stereocenters. The Morgan fingerprint density at radius 1 is 0.905 bits per heavy atom. The first-order valence-electron chi connectivity index (χ1n) is 13.7. The number of carbonyl (C=O) groups excluding carboxylic acids is 1. The van der Waals surface area contributed by atoms with Gasteiger partial charge in [0.2, 0.25) is 5.91 Å². The van der Waals surface area contributed by atoms with Crippen LogP contribution < -0.4 is 10.9 Å². The number of aryl methyl sites for hydroxylation is 1. The van der Waals surface area contributed by atoms with Crippen LogP contribution in [0.3, 0.4) is 0 Å². The first-order valence-corrected chi connectivity index (χ1v) is 14.1. The van der Waals surface area contributed by atoms with Gasteiger partial charge in [0.15, 0.2) is 0 Å². The number of pyridine rings is 1. The van der Waals surface area contributed by atoms with E-state index in [9.17, 15) is 9.59 Å². The van der Waals surface area contributed by atoms with E-state index in [4.69, 9.17) is 21.6 Å². The van der Waals surface area contributed by atoms with Crippen molar-refractivity contribution >= 4 is 23.2 Å². The van der Waals surface area contributed by atoms with E-state index in [2.05, 4.69) is 27.5 Å². The third-order valence-corrected chi connectivity index (χ3v) is 8.12. The van der Waals surface area contributed by atoms with E-state index >= 15 is 0 Å². The van der Waals surface area contributed by atoms with Crippen molar-refractivity contribution < 1.29 is 4.79 Å². The van der Waals surface area contributed by atoms with Crippen LogP contribution in [0.15, 0.2) is 78.4 Å². The summed E-state index contributed by atoms with van der Waals surface area (Å²) in [6.45, 7) is 4.00. The quantitative estimate of drug-likeness (QED) is 0.303. The fourth-order valence-corrected chi connectivity index (χ4v) is 5.76. The molecule has 3 atom stereocenters. The van der Waals surface area contributed by atoms with Gasteiger partial charge in [0.05, 0.1) is 53.7 Å². The van der Waals surface area contributed by atoms with E-state index in [-0.39, 0.29) is 23.3 Å². The van der Waals surface area contributed by atoms with Crippen molar-refractivity contribution in [2.75, 3.05) is 5.32 Å². The Balaban J connectivity index is 1.47. The molecule has 10 nitrogen and oxygen atoms in total. The van der Waals surface area contributed by atoms with Crippen molar-refractivity contribution in [3.8, 4) is 33.6 Å². The number of nitrogens with one attached hydrogen (secondary N) is 1. The molecule has 212 valence electrons. The highest BCUT2D eigenvalue weighted by molar-refractivity contribution is 6.31. The van der Waals surface area contributed by atoms with Crippen molar-refractivity contribution in [3.05, 3.63) is 94.6 Å². The highest BCUT2D eigenvalue weighted by Crippen LogP contribution is 2.36. The van der Waals surface area contributed by atoms with Crippen molar-refractivity contribution in [3.63, 3.8) is 0 Å². The number of aromatic nitrogens is 7. The summed E-state index contributed by atoms with van der Waals surface area (Å²) >= 11 is 6.37. The molecule has 0 aliphatic carbocycles. The fraction of sp³-hybridized carbons (Fsp3) is 0.258. The molecule has 4 aromatic heterocycles. The molecule has 42 heavy (non-hydrogen) atoms. The largest absolute Gasteiger partial charge is 0.323 e. The van der Waals surface area contributed by atoms with Gasteiger partial charge in [-0.3, -0.25) is 23.8 Å². The molecule has 0 spiro atoms. The maximum atomic E-state index is 13.9. The SMILES string of the molecule is CC1CCC(C)C(n2cnc(-c3cc(Cl)ccc3-c3ccnnc3)cc2=O)c2cc(ccn2)-c2c(cnn2C)NC1=O. The smallest absolute Gasteiger partial charge is 0.254 e. The van der Waals surface area contributed by atoms with Crippen LogP contribution in [-0.2, 0) is 11.8 Å². The molecule has 0 saturated heterocycles. The summed E-state index contributed by atoms with van der Waals surface area (Å²) in [7, 11) is 1.83. The number of carbonyl (C=O) groups is 1. The molecule has 1 aliphatic heterocycles. The Labute approximate surface area is 247 Å². The molecule has 5 aromatic rings. The van der Waals surface area contributed by atoms with E-state index in [0.29, 0.717) is 29.2 Å². The second-order valence-electron chi connectivity index (χ2n) is 10.7. The minimum absolute atomic E-state index is 0.0246. The number of anilines is 1. The molecule has 1 N–H and O–H groups in total. The fourth-order valence-electron chi connectivity index (χ4n) is 5.59. The lowest BCUT2D eigenvalue weighted by Crippen LogP contribution is -2.31. The van der Waals surface area contributed by atoms with Crippen LogP contribution in [0.1, 0.15) is 38.4 Å². The maximum absolute atomic E-state index is 13.9. The van der Waals surface area contributed by atoms with Gasteiger partial charge in [-0.1, -0.05) is 31.5 Å². The Morgan fingerprint density at radius 3 is 2.52 bits per heavy atom. The van der Waals surface area contributed by atoms with Gasteiger partial charge in [-0.05, 0) is 54.7 Å². The highest BCUT2D eigenvalue weighted by Gasteiger charge is 2.28. The van der Waals surface area contributed by atoms with E-state index in [1.165, 1.54) is 6.07 Å². The Hall–Kier alpha value is -4.70. The average Bonchev–Trinajstić information content (AvgIpc) is 3.36. The van der Waals surface area contributed by atoms with Crippen LogP contribution in [0.25, 0.3) is 33.6 Å². The highest BCUT2D eigenvalue weighted by atomic mass is 35.5. The first kappa shape index (κ1) is 27.5. The van der Waals surface area contributed by atoms with Crippen molar-refractivity contribution in [1.82, 2.24) is 34.5 Å². The molecule has 0 fully saturated rings. The Morgan fingerprint density at radius 2 is 1.74 bits per heavy atom. The molecule has 1 aromatic carbocycles. The van der Waals surface area contributed by atoms with E-state index in [0.717, 1.165) is 33.6 Å². The zero-order chi connectivity index (χ0) is 29.4. The lowest BCUT2D eigenvalue weighted by Gasteiger charge is -2.27. The third kappa shape index (κ3) is 5.21. The van der Waals surface area contributed by atoms with Crippen LogP contribution in [0.5, 0.6) is 0 Å². The standard InChI is InChI=1S/C31H29ClN8O2/c1-18-4-5-19(2)31(42)38-27-16-37-39(3)30(27)20-8-10-33-26(12-20)29(18)40-17-34-25(14-28(40)41)24-13-22(32)6-7-23(24)21-9-11-35-36-15-21/h6-19,29H,4-5H2,1-3H3,(H,38,42). The summed E-state index contributed by atoms with van der Waals surface area (Å²) in [6, 6.07) is 12.3. The van der Waals surface area contributed by atoms with Crippen LogP contribution in [-0.4, -0.2) is 40.4 Å². The second kappa shape index (κ2) is 11.3. The predicted molar refractivity (Wildman–Crippen MR) is 161 cm³/mol. The summed E-state index contributed by atoms with van der Waals surface area (Å²) in [4.78, 5) is 36.3. The van der Waals surface area contributed by atoms with E-state index in [1.54, 1.807) is 52.5 Å². The molecule has 0 radical (unpaired) electrons. The molecule has 11 heteroatoms. The first-order chi connectivity index (χ1) is 20.3. The van der Waals surface area contributed by atoms with E-state index < -0.39 is 6.04 Å². The molecule has 1 amide bonds. The number of amides is 1. The number of hydrogen-bond donors (Lipinski definition) is 1. The predicted octanol–water partition coefficient (Wildman–Crippen LogP) is 5.41. The van der Waals surface area contributed by atoms with Gasteiger partial charge in [-0.25, -0.2) is 4.98 Å². The van der Waals surface area contributed by atoms with E-state index in [1.807, 2.05) is 38.2 Å². The summed E-state index contributed by atoms with van der Waals surface area (Å²) < 4.78 is 3.37. The lowest BCUT2D eigenvalue weighted by molar-refractivity contribution is -0.119. The number of fused-ring (bicyclic) bond motifs is 4. The molecule has 6 rings (SSSR count). The number of rotatable bonds is 3. The van der Waals surface area contributed by atoms with Crippen LogP contribution in [0.4, 0.5) is 5.69 Å². The molecular weight excluding hydrogens is 552 g/mol. The monoisotopic (exact) mass is 580 g/mol. The summed E-state index contributed by atoms with van der Waals surface area (Å²) in [5.74, 6) is -0.316. The topological polar surface area (TPSA) is 120 Å². The van der Waals surface area contributed by atoms with Gasteiger partial charge in [0, 0.05) is 46.9 Å². The van der Waals surface area contributed by atoms with Crippen molar-refractivity contribution in [2.45, 2.75) is 32.7 Å². The summed E-state index contributed by atoms with van der Waals surface area (Å²) in [5.41, 5.74) is 5.65. The van der Waals surface area contributed by atoms with Gasteiger partial charge in [-0.15, -0.1) is 0 Å². The third-order valence-electron chi connectivity index (χ3n) is 7.88. The lowest BCUT2D eigenvalue weighted by atomic mass is 9.89. The van der Waals surface area contributed by atoms with Crippen LogP contribution >= 0.6 is 11.6 Å². The number of nitrogens with zero attached hydrogens (tertiary/aromatic N) is 7. The maximum Gasteiger partial charge on any atom is 0.254 e. The van der Waals surface area contributed by atoms with Crippen LogP contribution in [0, 0.1) is 11.8 Å². The normalized spacial score (nSPS) is 18.9. The number of hydrogen-bond acceptors (Lipinski definition) is 7. The molecule has 0 saturated carbocycles. The van der Waals surface area contributed by atoms with Crippen molar-refractivity contribution in [1.29, 1.82) is 0 Å². The summed E-state index contributed by atoms with van der Waals surface area (Å²) in [5, 5.41) is 15.8. The zero-order valence-electron chi connectivity index (χ0n) is 23.4. The minimum atomic E-state index is -0.409. The number of halogens is 1. The molecule has 5 heterocycles. The average molecular weight is 581 g/mol. The molecule has 2 bridgehead atoms. The second-order valence-corrected chi connectivity index (χ2v) is 11.2. The van der Waals surface area contributed by atoms with Gasteiger partial charge in [-0.2, -0.15) is 15.3 Å². The zero-order valence-corrected chi connectivity index (χ0v) is 24.2. The van der Waals surface area contributed by atoms with Crippen molar-refractivity contribution in [2.24, 2.45) is 18.9 Å². The Kier molecular flexibility index (Phi) is 7.38. The van der Waals surface area contributed by atoms with Gasteiger partial charge < -0.3 is 5.32 Å². The van der Waals surface area contributed by atoms with Crippen LogP contribution in [0.2, 0.25) is 5.02 Å².